The summed E-state index contributed by atoms with van der Waals surface area (Å²) in [5.74, 6) is -0.721. The first kappa shape index (κ1) is 24.2. The van der Waals surface area contributed by atoms with Gasteiger partial charge in [-0.25, -0.2) is 17.9 Å². The third kappa shape index (κ3) is 6.77. The number of nitrogens with one attached hydrogen (secondary N) is 2. The average molecular weight is 471 g/mol. The van der Waals surface area contributed by atoms with E-state index in [0.717, 1.165) is 10.8 Å². The van der Waals surface area contributed by atoms with Crippen molar-refractivity contribution in [1.82, 2.24) is 4.72 Å². The number of rotatable bonds is 9. The van der Waals surface area contributed by atoms with Crippen molar-refractivity contribution in [3.63, 3.8) is 0 Å². The molecule has 0 aromatic heterocycles. The van der Waals surface area contributed by atoms with E-state index >= 15 is 0 Å². The minimum atomic E-state index is -3.62. The van der Waals surface area contributed by atoms with Gasteiger partial charge in [-0.2, -0.15) is 0 Å². The van der Waals surface area contributed by atoms with E-state index in [-0.39, 0.29) is 17.5 Å². The largest absolute Gasteiger partial charge is 0.482 e. The Balaban J connectivity index is 1.50. The van der Waals surface area contributed by atoms with Crippen LogP contribution >= 0.6 is 0 Å². The second kappa shape index (κ2) is 10.5. The lowest BCUT2D eigenvalue weighted by molar-refractivity contribution is -0.155. The molecule has 9 heteroatoms. The van der Waals surface area contributed by atoms with Gasteiger partial charge in [0.2, 0.25) is 10.0 Å². The second-order valence-corrected chi connectivity index (χ2v) is 9.43. The SMILES string of the molecule is CC(C)NS(=O)(=O)c1ccc(NC(=O)C(C)OC(=O)COc2ccc3ccccc3c2)cc1. The number of esters is 1. The molecule has 1 atom stereocenters. The molecule has 0 spiro atoms. The number of anilines is 1. The molecule has 3 aromatic rings. The monoisotopic (exact) mass is 470 g/mol. The zero-order valence-electron chi connectivity index (χ0n) is 18.6. The van der Waals surface area contributed by atoms with Gasteiger partial charge in [-0.1, -0.05) is 30.3 Å². The van der Waals surface area contributed by atoms with Gasteiger partial charge >= 0.3 is 5.97 Å². The standard InChI is InChI=1S/C24H26N2O6S/c1-16(2)26-33(29,30)22-12-9-20(10-13-22)25-24(28)17(3)32-23(27)15-31-21-11-8-18-6-4-5-7-19(18)14-21/h4-14,16-17,26H,15H2,1-3H3,(H,25,28). The summed E-state index contributed by atoms with van der Waals surface area (Å²) < 4.78 is 37.4. The van der Waals surface area contributed by atoms with Crippen molar-refractivity contribution in [1.29, 1.82) is 0 Å². The molecule has 0 radical (unpaired) electrons. The summed E-state index contributed by atoms with van der Waals surface area (Å²) in [5, 5.41) is 4.62. The van der Waals surface area contributed by atoms with Crippen LogP contribution in [0.15, 0.2) is 71.6 Å². The van der Waals surface area contributed by atoms with Crippen LogP contribution in [0.3, 0.4) is 0 Å². The molecule has 0 aliphatic carbocycles. The number of fused-ring (bicyclic) bond motifs is 1. The molecule has 33 heavy (non-hydrogen) atoms. The van der Waals surface area contributed by atoms with E-state index in [0.29, 0.717) is 11.4 Å². The van der Waals surface area contributed by atoms with Crippen molar-refractivity contribution < 1.29 is 27.5 Å². The highest BCUT2D eigenvalue weighted by Gasteiger charge is 2.19. The van der Waals surface area contributed by atoms with Crippen LogP contribution in [-0.4, -0.2) is 39.0 Å². The van der Waals surface area contributed by atoms with Gasteiger partial charge in [0.15, 0.2) is 12.7 Å². The van der Waals surface area contributed by atoms with E-state index in [4.69, 9.17) is 9.47 Å². The summed E-state index contributed by atoms with van der Waals surface area (Å²) in [5.41, 5.74) is 0.374. The normalized spacial score (nSPS) is 12.4. The van der Waals surface area contributed by atoms with Crippen molar-refractivity contribution in [2.24, 2.45) is 0 Å². The number of hydrogen-bond donors (Lipinski definition) is 2. The molecule has 0 saturated carbocycles. The first-order valence-corrected chi connectivity index (χ1v) is 11.9. The Bertz CT molecular complexity index is 1240. The molecule has 1 unspecified atom stereocenters. The van der Waals surface area contributed by atoms with Crippen LogP contribution in [0.2, 0.25) is 0 Å². The Morgan fingerprint density at radius 2 is 1.58 bits per heavy atom. The van der Waals surface area contributed by atoms with Gasteiger partial charge in [0.05, 0.1) is 4.90 Å². The maximum atomic E-state index is 12.3. The number of carbonyl (C=O) groups excluding carboxylic acids is 2. The highest BCUT2D eigenvalue weighted by molar-refractivity contribution is 7.89. The minimum absolute atomic E-state index is 0.0829. The topological polar surface area (TPSA) is 111 Å². The fraction of sp³-hybridized carbons (Fsp3) is 0.250. The molecule has 1 amide bonds. The van der Waals surface area contributed by atoms with Crippen LogP contribution in [0.5, 0.6) is 5.75 Å². The van der Waals surface area contributed by atoms with Crippen molar-refractivity contribution in [3.8, 4) is 5.75 Å². The van der Waals surface area contributed by atoms with Crippen LogP contribution < -0.4 is 14.8 Å². The van der Waals surface area contributed by atoms with Crippen molar-refractivity contribution in [2.75, 3.05) is 11.9 Å². The number of amides is 1. The van der Waals surface area contributed by atoms with E-state index in [1.807, 2.05) is 36.4 Å². The number of ether oxygens (including phenoxy) is 2. The molecular formula is C24H26N2O6S. The average Bonchev–Trinajstić information content (AvgIpc) is 2.77. The Labute approximate surface area is 193 Å². The summed E-state index contributed by atoms with van der Waals surface area (Å²) in [6, 6.07) is 18.7. The van der Waals surface area contributed by atoms with Gasteiger partial charge in [0.1, 0.15) is 5.75 Å². The molecule has 2 N–H and O–H groups in total. The molecule has 0 aliphatic rings. The minimum Gasteiger partial charge on any atom is -0.482 e. The second-order valence-electron chi connectivity index (χ2n) is 7.72. The quantitative estimate of drug-likeness (QED) is 0.463. The molecule has 3 rings (SSSR count). The first-order chi connectivity index (χ1) is 15.6. The maximum Gasteiger partial charge on any atom is 0.344 e. The van der Waals surface area contributed by atoms with E-state index in [9.17, 15) is 18.0 Å². The lowest BCUT2D eigenvalue weighted by Gasteiger charge is -2.14. The van der Waals surface area contributed by atoms with Crippen LogP contribution in [0.25, 0.3) is 10.8 Å². The molecular weight excluding hydrogens is 444 g/mol. The summed E-state index contributed by atoms with van der Waals surface area (Å²) >= 11 is 0. The van der Waals surface area contributed by atoms with Gasteiger partial charge in [-0.05, 0) is 67.9 Å². The molecule has 3 aromatic carbocycles. The fourth-order valence-electron chi connectivity index (χ4n) is 3.02. The third-order valence-corrected chi connectivity index (χ3v) is 6.25. The number of sulfonamides is 1. The van der Waals surface area contributed by atoms with Crippen LogP contribution in [0.1, 0.15) is 20.8 Å². The van der Waals surface area contributed by atoms with Crippen LogP contribution in [0.4, 0.5) is 5.69 Å². The van der Waals surface area contributed by atoms with Crippen molar-refractivity contribution >= 4 is 38.4 Å². The third-order valence-electron chi connectivity index (χ3n) is 4.58. The van der Waals surface area contributed by atoms with E-state index in [1.54, 1.807) is 19.9 Å². The lowest BCUT2D eigenvalue weighted by atomic mass is 10.1. The number of benzene rings is 3. The Kier molecular flexibility index (Phi) is 7.67. The van der Waals surface area contributed by atoms with Gasteiger partial charge in [0.25, 0.3) is 5.91 Å². The van der Waals surface area contributed by atoms with E-state index in [1.165, 1.54) is 31.2 Å². The van der Waals surface area contributed by atoms with Crippen molar-refractivity contribution in [3.05, 3.63) is 66.7 Å². The molecule has 174 valence electrons. The molecule has 0 aliphatic heterocycles. The predicted molar refractivity (Wildman–Crippen MR) is 126 cm³/mol. The molecule has 0 saturated heterocycles. The van der Waals surface area contributed by atoms with Gasteiger partial charge in [-0.15, -0.1) is 0 Å². The fourth-order valence-corrected chi connectivity index (χ4v) is 4.27. The highest BCUT2D eigenvalue weighted by atomic mass is 32.2. The number of hydrogen-bond acceptors (Lipinski definition) is 6. The van der Waals surface area contributed by atoms with Crippen LogP contribution in [-0.2, 0) is 24.3 Å². The van der Waals surface area contributed by atoms with Gasteiger partial charge < -0.3 is 14.8 Å². The predicted octanol–water partition coefficient (Wildman–Crippen LogP) is 3.48. The van der Waals surface area contributed by atoms with Gasteiger partial charge in [0, 0.05) is 11.7 Å². The Hall–Kier alpha value is -3.43. The van der Waals surface area contributed by atoms with Gasteiger partial charge in [-0.3, -0.25) is 4.79 Å². The zero-order valence-corrected chi connectivity index (χ0v) is 19.4. The lowest BCUT2D eigenvalue weighted by Crippen LogP contribution is -2.32. The van der Waals surface area contributed by atoms with Crippen molar-refractivity contribution in [2.45, 2.75) is 37.8 Å². The van der Waals surface area contributed by atoms with E-state index < -0.39 is 28.0 Å². The summed E-state index contributed by atoms with van der Waals surface area (Å²) in [6.45, 7) is 4.55. The first-order valence-electron chi connectivity index (χ1n) is 10.4. The summed E-state index contributed by atoms with van der Waals surface area (Å²) in [6.07, 6.45) is -1.07. The zero-order chi connectivity index (χ0) is 24.0. The summed E-state index contributed by atoms with van der Waals surface area (Å²) in [7, 11) is -3.62. The Morgan fingerprint density at radius 1 is 0.909 bits per heavy atom. The smallest absolute Gasteiger partial charge is 0.344 e. The maximum absolute atomic E-state index is 12.3. The van der Waals surface area contributed by atoms with E-state index in [2.05, 4.69) is 10.0 Å². The summed E-state index contributed by atoms with van der Waals surface area (Å²) in [4.78, 5) is 24.5. The molecule has 8 nitrogen and oxygen atoms in total. The van der Waals surface area contributed by atoms with Crippen LogP contribution in [0, 0.1) is 0 Å². The molecule has 0 fully saturated rings. The molecule has 0 bridgehead atoms. The molecule has 0 heterocycles. The highest BCUT2D eigenvalue weighted by Crippen LogP contribution is 2.20. The number of carbonyl (C=O) groups is 2. The Morgan fingerprint density at radius 3 is 2.24 bits per heavy atom.